The van der Waals surface area contributed by atoms with Gasteiger partial charge in [-0.2, -0.15) is 0 Å². The lowest BCUT2D eigenvalue weighted by Crippen LogP contribution is -2.19. The Hall–Kier alpha value is -1.15. The van der Waals surface area contributed by atoms with E-state index in [0.717, 1.165) is 5.56 Å². The fourth-order valence-corrected chi connectivity index (χ4v) is 0.981. The van der Waals surface area contributed by atoms with E-state index >= 15 is 0 Å². The third-order valence-corrected chi connectivity index (χ3v) is 1.74. The maximum Gasteiger partial charge on any atom is 0.158 e. The van der Waals surface area contributed by atoms with Crippen LogP contribution < -0.4 is 0 Å². The number of aliphatic hydroxyl groups excluding tert-OH is 1. The maximum absolute atomic E-state index is 10.7. The number of Topliss-reactive ketones (excluding diaryl/α,β-unsaturated/α-hetero) is 1. The molecular formula is C10H12O2. The van der Waals surface area contributed by atoms with E-state index < -0.39 is 6.10 Å². The van der Waals surface area contributed by atoms with Crippen LogP contribution in [0.1, 0.15) is 12.5 Å². The Morgan fingerprint density at radius 3 is 2.50 bits per heavy atom. The molecule has 0 saturated carbocycles. The molecule has 0 aliphatic carbocycles. The Balaban J connectivity index is 2.58. The molecular weight excluding hydrogens is 152 g/mol. The van der Waals surface area contributed by atoms with E-state index in [-0.39, 0.29) is 5.78 Å². The van der Waals surface area contributed by atoms with E-state index in [0.29, 0.717) is 6.42 Å². The molecule has 0 aliphatic heterocycles. The number of carbonyl (C=O) groups excluding carboxylic acids is 1. The standard InChI is InChI=1S/C10H12O2/c1-8(11)10(12)7-9-5-3-2-4-6-9/h2-6,10,12H,7H2,1H3/t10-/m0/s1. The zero-order valence-electron chi connectivity index (χ0n) is 7.03. The highest BCUT2D eigenvalue weighted by atomic mass is 16.3. The second kappa shape index (κ2) is 4.02. The Morgan fingerprint density at radius 2 is 2.00 bits per heavy atom. The summed E-state index contributed by atoms with van der Waals surface area (Å²) in [6.07, 6.45) is -0.441. The zero-order chi connectivity index (χ0) is 8.97. The molecule has 1 aromatic carbocycles. The quantitative estimate of drug-likeness (QED) is 0.728. The van der Waals surface area contributed by atoms with Gasteiger partial charge in [-0.25, -0.2) is 0 Å². The molecule has 0 heterocycles. The minimum atomic E-state index is -0.854. The first kappa shape index (κ1) is 8.94. The van der Waals surface area contributed by atoms with Gasteiger partial charge >= 0.3 is 0 Å². The van der Waals surface area contributed by atoms with Gasteiger partial charge in [-0.3, -0.25) is 4.79 Å². The fourth-order valence-electron chi connectivity index (χ4n) is 0.981. The minimum absolute atomic E-state index is 0.182. The van der Waals surface area contributed by atoms with Crippen molar-refractivity contribution in [3.05, 3.63) is 35.9 Å². The molecule has 0 radical (unpaired) electrons. The fraction of sp³-hybridized carbons (Fsp3) is 0.300. The van der Waals surface area contributed by atoms with Crippen molar-refractivity contribution < 1.29 is 9.90 Å². The molecule has 1 aromatic rings. The molecule has 2 heteroatoms. The molecule has 0 saturated heterocycles. The number of carbonyl (C=O) groups is 1. The van der Waals surface area contributed by atoms with E-state index in [9.17, 15) is 9.90 Å². The molecule has 2 nitrogen and oxygen atoms in total. The topological polar surface area (TPSA) is 37.3 Å². The van der Waals surface area contributed by atoms with Gasteiger partial charge in [0, 0.05) is 6.42 Å². The highest BCUT2D eigenvalue weighted by Crippen LogP contribution is 2.03. The van der Waals surface area contributed by atoms with E-state index in [1.54, 1.807) is 0 Å². The van der Waals surface area contributed by atoms with Crippen LogP contribution in [0.4, 0.5) is 0 Å². The lowest BCUT2D eigenvalue weighted by atomic mass is 10.1. The van der Waals surface area contributed by atoms with Gasteiger partial charge in [0.05, 0.1) is 0 Å². The summed E-state index contributed by atoms with van der Waals surface area (Å²) in [5.41, 5.74) is 0.986. The van der Waals surface area contributed by atoms with Crippen LogP contribution in [-0.2, 0) is 11.2 Å². The van der Waals surface area contributed by atoms with Crippen molar-refractivity contribution in [2.45, 2.75) is 19.4 Å². The van der Waals surface area contributed by atoms with Crippen molar-refractivity contribution >= 4 is 5.78 Å². The normalized spacial score (nSPS) is 12.5. The maximum atomic E-state index is 10.7. The lowest BCUT2D eigenvalue weighted by molar-refractivity contribution is -0.124. The Morgan fingerprint density at radius 1 is 1.42 bits per heavy atom. The number of hydrogen-bond donors (Lipinski definition) is 1. The Kier molecular flexibility index (Phi) is 3.00. The van der Waals surface area contributed by atoms with Crippen molar-refractivity contribution in [3.63, 3.8) is 0 Å². The second-order valence-corrected chi connectivity index (χ2v) is 2.82. The van der Waals surface area contributed by atoms with Gasteiger partial charge in [0.15, 0.2) is 5.78 Å². The minimum Gasteiger partial charge on any atom is -0.385 e. The largest absolute Gasteiger partial charge is 0.385 e. The van der Waals surface area contributed by atoms with Crippen LogP contribution in [0.2, 0.25) is 0 Å². The highest BCUT2D eigenvalue weighted by molar-refractivity contribution is 5.80. The van der Waals surface area contributed by atoms with Crippen molar-refractivity contribution in [3.8, 4) is 0 Å². The van der Waals surface area contributed by atoms with Crippen molar-refractivity contribution in [1.82, 2.24) is 0 Å². The smallest absolute Gasteiger partial charge is 0.158 e. The van der Waals surface area contributed by atoms with Gasteiger partial charge in [0.25, 0.3) is 0 Å². The van der Waals surface area contributed by atoms with E-state index in [4.69, 9.17) is 0 Å². The van der Waals surface area contributed by atoms with Gasteiger partial charge in [-0.1, -0.05) is 30.3 Å². The molecule has 0 fully saturated rings. The summed E-state index contributed by atoms with van der Waals surface area (Å²) in [6, 6.07) is 9.48. The molecule has 1 atom stereocenters. The second-order valence-electron chi connectivity index (χ2n) is 2.82. The van der Waals surface area contributed by atoms with Crippen LogP contribution in [0.3, 0.4) is 0 Å². The summed E-state index contributed by atoms with van der Waals surface area (Å²) >= 11 is 0. The molecule has 0 amide bonds. The average molecular weight is 164 g/mol. The van der Waals surface area contributed by atoms with Crippen LogP contribution in [-0.4, -0.2) is 17.0 Å². The first-order valence-electron chi connectivity index (χ1n) is 3.92. The van der Waals surface area contributed by atoms with Gasteiger partial charge in [-0.05, 0) is 12.5 Å². The predicted molar refractivity (Wildman–Crippen MR) is 46.8 cm³/mol. The molecule has 0 spiro atoms. The van der Waals surface area contributed by atoms with E-state index in [1.807, 2.05) is 30.3 Å². The summed E-state index contributed by atoms with van der Waals surface area (Å²) in [6.45, 7) is 1.40. The molecule has 0 unspecified atom stereocenters. The Bertz CT molecular complexity index is 254. The highest BCUT2D eigenvalue weighted by Gasteiger charge is 2.09. The summed E-state index contributed by atoms with van der Waals surface area (Å²) < 4.78 is 0. The molecule has 1 N–H and O–H groups in total. The van der Waals surface area contributed by atoms with E-state index in [2.05, 4.69) is 0 Å². The van der Waals surface area contributed by atoms with Crippen LogP contribution in [0.5, 0.6) is 0 Å². The molecule has 0 aliphatic rings. The van der Waals surface area contributed by atoms with Crippen LogP contribution >= 0.6 is 0 Å². The monoisotopic (exact) mass is 164 g/mol. The van der Waals surface area contributed by atoms with Crippen molar-refractivity contribution in [2.24, 2.45) is 0 Å². The number of rotatable bonds is 3. The SMILES string of the molecule is CC(=O)[C@@H](O)Cc1ccccc1. The number of ketones is 1. The van der Waals surface area contributed by atoms with Crippen molar-refractivity contribution in [2.75, 3.05) is 0 Å². The summed E-state index contributed by atoms with van der Waals surface area (Å²) in [7, 11) is 0. The number of aliphatic hydroxyl groups is 1. The molecule has 0 bridgehead atoms. The summed E-state index contributed by atoms with van der Waals surface area (Å²) in [5, 5.41) is 9.23. The van der Waals surface area contributed by atoms with Crippen LogP contribution in [0.25, 0.3) is 0 Å². The van der Waals surface area contributed by atoms with Gasteiger partial charge in [-0.15, -0.1) is 0 Å². The molecule has 64 valence electrons. The number of benzene rings is 1. The first-order valence-corrected chi connectivity index (χ1v) is 3.92. The predicted octanol–water partition coefficient (Wildman–Crippen LogP) is 1.18. The third kappa shape index (κ3) is 2.47. The van der Waals surface area contributed by atoms with Gasteiger partial charge < -0.3 is 5.11 Å². The summed E-state index contributed by atoms with van der Waals surface area (Å²) in [5.74, 6) is -0.182. The zero-order valence-corrected chi connectivity index (χ0v) is 7.03. The number of hydrogen-bond acceptors (Lipinski definition) is 2. The molecule has 0 aromatic heterocycles. The molecule has 12 heavy (non-hydrogen) atoms. The molecule has 1 rings (SSSR count). The van der Waals surface area contributed by atoms with Crippen LogP contribution in [0.15, 0.2) is 30.3 Å². The average Bonchev–Trinajstić information content (AvgIpc) is 2.06. The third-order valence-electron chi connectivity index (χ3n) is 1.74. The van der Waals surface area contributed by atoms with Gasteiger partial charge in [0.1, 0.15) is 6.10 Å². The lowest BCUT2D eigenvalue weighted by Gasteiger charge is -2.05. The van der Waals surface area contributed by atoms with Crippen molar-refractivity contribution in [1.29, 1.82) is 0 Å². The summed E-state index contributed by atoms with van der Waals surface area (Å²) in [4.78, 5) is 10.7. The Labute approximate surface area is 71.8 Å². The van der Waals surface area contributed by atoms with E-state index in [1.165, 1.54) is 6.92 Å². The van der Waals surface area contributed by atoms with Crippen LogP contribution in [0, 0.1) is 0 Å². The first-order chi connectivity index (χ1) is 5.70. The van der Waals surface area contributed by atoms with Gasteiger partial charge in [0.2, 0.25) is 0 Å².